The molecule has 6 rings (SSSR count). The number of alkyl halides is 1. The third-order valence-corrected chi connectivity index (χ3v) is 9.65. The predicted molar refractivity (Wildman–Crippen MR) is 136 cm³/mol. The summed E-state index contributed by atoms with van der Waals surface area (Å²) in [6.07, 6.45) is -4.55. The molecule has 0 bridgehead atoms. The van der Waals surface area contributed by atoms with Crippen molar-refractivity contribution < 1.29 is 33.5 Å². The molecular weight excluding hydrogens is 576 g/mol. The quantitative estimate of drug-likeness (QED) is 0.125. The number of H-pyrrole nitrogens is 1. The smallest absolute Gasteiger partial charge is 0.282 e. The fourth-order valence-corrected chi connectivity index (χ4v) is 7.30. The SMILES string of the molecule is Nc1nc2c(nnn2C2O[C@H](CO)[C@H](F)[C@H]2P(O)(=S)OCC2O[C@@H](c3cnn4c(N)ncnc34)C[C@@H]2O)c(=O)[nH]1. The summed E-state index contributed by atoms with van der Waals surface area (Å²) in [5, 5.41) is 32.0. The van der Waals surface area contributed by atoms with Gasteiger partial charge in [0.15, 0.2) is 29.5 Å². The largest absolute Gasteiger partial charge is 0.394 e. The third kappa shape index (κ3) is 4.41. The summed E-state index contributed by atoms with van der Waals surface area (Å²) < 4.78 is 35.0. The second-order valence-electron chi connectivity index (χ2n) is 9.23. The third-order valence-electron chi connectivity index (χ3n) is 6.79. The van der Waals surface area contributed by atoms with E-state index in [9.17, 15) is 19.9 Å². The number of anilines is 2. The summed E-state index contributed by atoms with van der Waals surface area (Å²) in [5.74, 6) is -0.137. The molecule has 6 heterocycles. The highest BCUT2D eigenvalue weighted by Crippen LogP contribution is 2.58. The van der Waals surface area contributed by atoms with Gasteiger partial charge in [-0.15, -0.1) is 5.10 Å². The molecule has 40 heavy (non-hydrogen) atoms. The molecule has 2 saturated heterocycles. The number of hydrogen-bond acceptors (Lipinski definition) is 15. The van der Waals surface area contributed by atoms with Gasteiger partial charge in [0.05, 0.1) is 31.6 Å². The van der Waals surface area contributed by atoms with Gasteiger partial charge in [0.25, 0.3) is 5.56 Å². The van der Waals surface area contributed by atoms with E-state index in [-0.39, 0.29) is 29.5 Å². The van der Waals surface area contributed by atoms with Crippen molar-refractivity contribution in [1.82, 2.24) is 44.5 Å². The van der Waals surface area contributed by atoms with Crippen molar-refractivity contribution >= 4 is 47.0 Å². The average molecular weight is 600 g/mol. The second-order valence-corrected chi connectivity index (χ2v) is 12.8. The minimum atomic E-state index is -4.11. The van der Waals surface area contributed by atoms with E-state index in [0.29, 0.717) is 11.2 Å². The van der Waals surface area contributed by atoms with Gasteiger partial charge in [0, 0.05) is 12.0 Å². The Bertz CT molecular complexity index is 1690. The van der Waals surface area contributed by atoms with Gasteiger partial charge in [-0.25, -0.2) is 14.4 Å². The van der Waals surface area contributed by atoms with Crippen LogP contribution in [0.3, 0.4) is 0 Å². The van der Waals surface area contributed by atoms with Crippen LogP contribution in [-0.2, 0) is 25.8 Å². The standard InChI is InChI=1S/C19H23FN11O7PS/c20-11-9(3-32)38-17(30-15-12(28-29-30)16(34)27-18(21)26-15)13(11)39(35,40)36-4-10-7(33)1-8(37-10)6-2-25-31-14(6)23-5-24-19(31)22/h2,5,7-11,13,17,32-33H,1,3-4H2,(H,35,40)(H2,22,23,24)(H3,21,26,27,34)/t7-,8+,9+,10?,11-,13+,17?,39?/m0/s1. The molecule has 8 N–H and O–H groups in total. The number of halogens is 1. The van der Waals surface area contributed by atoms with Gasteiger partial charge in [0.1, 0.15) is 30.4 Å². The lowest BCUT2D eigenvalue weighted by Crippen LogP contribution is -2.33. The molecule has 8 atom stereocenters. The zero-order valence-electron chi connectivity index (χ0n) is 20.3. The number of aromatic nitrogens is 9. The predicted octanol–water partition coefficient (Wildman–Crippen LogP) is -2.08. The fourth-order valence-electron chi connectivity index (χ4n) is 4.85. The normalized spacial score (nSPS) is 30.4. The number of aliphatic hydroxyl groups excluding tert-OH is 2. The van der Waals surface area contributed by atoms with Crippen LogP contribution in [0.25, 0.3) is 16.8 Å². The number of aliphatic hydroxyl groups is 2. The van der Waals surface area contributed by atoms with Gasteiger partial charge in [-0.05, 0) is 11.8 Å². The van der Waals surface area contributed by atoms with Crippen LogP contribution in [0.15, 0.2) is 17.3 Å². The Balaban J connectivity index is 1.23. The van der Waals surface area contributed by atoms with Crippen LogP contribution in [0.4, 0.5) is 16.3 Å². The van der Waals surface area contributed by atoms with Crippen molar-refractivity contribution in [3.8, 4) is 0 Å². The van der Waals surface area contributed by atoms with Crippen molar-refractivity contribution in [3.05, 3.63) is 28.4 Å². The molecule has 0 spiro atoms. The molecule has 3 unspecified atom stereocenters. The van der Waals surface area contributed by atoms with E-state index in [1.54, 1.807) is 0 Å². The van der Waals surface area contributed by atoms with Crippen molar-refractivity contribution in [3.63, 3.8) is 0 Å². The molecule has 0 aromatic carbocycles. The van der Waals surface area contributed by atoms with E-state index < -0.39 is 67.7 Å². The zero-order chi connectivity index (χ0) is 28.3. The number of aromatic amines is 1. The van der Waals surface area contributed by atoms with E-state index in [4.69, 9.17) is 37.3 Å². The second kappa shape index (κ2) is 10.00. The van der Waals surface area contributed by atoms with Gasteiger partial charge >= 0.3 is 0 Å². The first-order valence-electron chi connectivity index (χ1n) is 11.8. The first-order chi connectivity index (χ1) is 19.1. The van der Waals surface area contributed by atoms with Crippen LogP contribution in [0.2, 0.25) is 0 Å². The molecule has 0 amide bonds. The maximum atomic E-state index is 15.5. The van der Waals surface area contributed by atoms with Crippen LogP contribution in [-0.4, -0.2) is 103 Å². The van der Waals surface area contributed by atoms with Crippen LogP contribution < -0.4 is 17.0 Å². The molecular formula is C19H23FN11O7PS. The number of fused-ring (bicyclic) bond motifs is 2. The average Bonchev–Trinajstić information content (AvgIpc) is 3.67. The molecule has 2 fully saturated rings. The summed E-state index contributed by atoms with van der Waals surface area (Å²) in [6.45, 7) is -5.25. The number of rotatable bonds is 7. The molecule has 0 radical (unpaired) electrons. The van der Waals surface area contributed by atoms with Crippen molar-refractivity contribution in [1.29, 1.82) is 0 Å². The molecule has 4 aromatic rings. The summed E-state index contributed by atoms with van der Waals surface area (Å²) in [7, 11) is 0. The Kier molecular flexibility index (Phi) is 6.74. The van der Waals surface area contributed by atoms with Gasteiger partial charge in [-0.2, -0.15) is 19.3 Å². The maximum absolute atomic E-state index is 15.5. The maximum Gasteiger partial charge on any atom is 0.282 e. The van der Waals surface area contributed by atoms with Gasteiger partial charge in [0.2, 0.25) is 11.9 Å². The lowest BCUT2D eigenvalue weighted by molar-refractivity contribution is -0.0383. The Morgan fingerprint density at radius 1 is 1.27 bits per heavy atom. The van der Waals surface area contributed by atoms with E-state index in [1.165, 1.54) is 17.0 Å². The summed E-state index contributed by atoms with van der Waals surface area (Å²) in [5.41, 5.74) is 9.79. The van der Waals surface area contributed by atoms with Crippen LogP contribution >= 0.6 is 6.49 Å². The monoisotopic (exact) mass is 599 g/mol. The summed E-state index contributed by atoms with van der Waals surface area (Å²) in [4.78, 5) is 37.7. The summed E-state index contributed by atoms with van der Waals surface area (Å²) >= 11 is 5.35. The van der Waals surface area contributed by atoms with Crippen molar-refractivity contribution in [2.45, 2.75) is 48.9 Å². The van der Waals surface area contributed by atoms with Crippen LogP contribution in [0, 0.1) is 0 Å². The van der Waals surface area contributed by atoms with Crippen molar-refractivity contribution in [2.24, 2.45) is 0 Å². The number of nitrogens with zero attached hydrogens (tertiary/aromatic N) is 8. The highest BCUT2D eigenvalue weighted by atomic mass is 32.5. The highest BCUT2D eigenvalue weighted by Gasteiger charge is 2.54. The van der Waals surface area contributed by atoms with Crippen LogP contribution in [0.1, 0.15) is 24.3 Å². The number of nitrogens with one attached hydrogen (secondary N) is 1. The topological polar surface area (TPSA) is 260 Å². The van der Waals surface area contributed by atoms with Crippen molar-refractivity contribution in [2.75, 3.05) is 24.7 Å². The van der Waals surface area contributed by atoms with Gasteiger partial charge < -0.3 is 40.6 Å². The van der Waals surface area contributed by atoms with Gasteiger partial charge in [-0.1, -0.05) is 5.21 Å². The molecule has 4 aromatic heterocycles. The molecule has 2 aliphatic heterocycles. The number of nitrogens with two attached hydrogens (primary N) is 2. The molecule has 214 valence electrons. The fraction of sp³-hybridized carbons (Fsp3) is 0.526. The highest BCUT2D eigenvalue weighted by molar-refractivity contribution is 8.09. The van der Waals surface area contributed by atoms with E-state index in [1.807, 2.05) is 0 Å². The number of ether oxygens (including phenoxy) is 2. The Hall–Kier alpha value is -3.23. The van der Waals surface area contributed by atoms with E-state index >= 15 is 4.39 Å². The van der Waals surface area contributed by atoms with Gasteiger partial charge in [-0.3, -0.25) is 9.78 Å². The van der Waals surface area contributed by atoms with Crippen LogP contribution in [0.5, 0.6) is 0 Å². The van der Waals surface area contributed by atoms with E-state index in [0.717, 1.165) is 4.68 Å². The lowest BCUT2D eigenvalue weighted by Gasteiger charge is -2.28. The number of hydrogen-bond donors (Lipinski definition) is 6. The molecule has 18 nitrogen and oxygen atoms in total. The first kappa shape index (κ1) is 27.0. The summed E-state index contributed by atoms with van der Waals surface area (Å²) in [6, 6.07) is 0. The zero-order valence-corrected chi connectivity index (χ0v) is 22.0. The molecule has 0 saturated carbocycles. The minimum absolute atomic E-state index is 0.119. The molecule has 0 aliphatic carbocycles. The molecule has 2 aliphatic rings. The number of nitrogen functional groups attached to an aromatic ring is 2. The Morgan fingerprint density at radius 2 is 2.08 bits per heavy atom. The molecule has 21 heteroatoms. The van der Waals surface area contributed by atoms with E-state index in [2.05, 4.69) is 35.3 Å². The lowest BCUT2D eigenvalue weighted by atomic mass is 10.1. The minimum Gasteiger partial charge on any atom is -0.394 e. The Labute approximate surface area is 227 Å². The Morgan fingerprint density at radius 3 is 2.85 bits per heavy atom. The first-order valence-corrected chi connectivity index (χ1v) is 14.6.